The fourth-order valence-electron chi connectivity index (χ4n) is 4.20. The molecule has 0 bridgehead atoms. The summed E-state index contributed by atoms with van der Waals surface area (Å²) < 4.78 is 2.98. The van der Waals surface area contributed by atoms with Crippen LogP contribution in [0, 0.1) is 6.92 Å². The average Bonchev–Trinajstić information content (AvgIpc) is 3.10. The summed E-state index contributed by atoms with van der Waals surface area (Å²) in [7, 11) is 1.86. The van der Waals surface area contributed by atoms with E-state index in [1.54, 1.807) is 12.1 Å². The first kappa shape index (κ1) is 23.1. The Bertz CT molecular complexity index is 1120. The molecule has 0 saturated heterocycles. The zero-order chi connectivity index (χ0) is 22.8. The lowest BCUT2D eigenvalue weighted by Gasteiger charge is -2.31. The molecular weight excluding hydrogens is 511 g/mol. The Morgan fingerprint density at radius 1 is 1.12 bits per heavy atom. The van der Waals surface area contributed by atoms with Gasteiger partial charge in [0, 0.05) is 33.8 Å². The van der Waals surface area contributed by atoms with E-state index in [9.17, 15) is 4.79 Å². The number of anilines is 1. The lowest BCUT2D eigenvalue weighted by Crippen LogP contribution is -2.41. The molecule has 1 fully saturated rings. The summed E-state index contributed by atoms with van der Waals surface area (Å²) >= 11 is 16.1. The number of aromatic nitrogens is 2. The molecule has 0 aliphatic heterocycles. The van der Waals surface area contributed by atoms with Crippen molar-refractivity contribution in [1.29, 1.82) is 0 Å². The van der Waals surface area contributed by atoms with Crippen molar-refractivity contribution in [2.45, 2.75) is 45.1 Å². The zero-order valence-corrected chi connectivity index (χ0v) is 21.1. The van der Waals surface area contributed by atoms with Crippen LogP contribution < -0.4 is 5.32 Å². The SMILES string of the molecule is Cc1c(NC(=O)N(C)C2CCCCC2)nc(-c2ccc(Cl)cc2Cl)n1-c1ccc(Br)cc1. The maximum atomic E-state index is 13.0. The molecule has 0 atom stereocenters. The van der Waals surface area contributed by atoms with Gasteiger partial charge in [0.1, 0.15) is 5.82 Å². The smallest absolute Gasteiger partial charge is 0.323 e. The minimum absolute atomic E-state index is 0.144. The summed E-state index contributed by atoms with van der Waals surface area (Å²) in [6.45, 7) is 1.94. The third-order valence-electron chi connectivity index (χ3n) is 6.03. The van der Waals surface area contributed by atoms with E-state index in [-0.39, 0.29) is 12.1 Å². The predicted molar refractivity (Wildman–Crippen MR) is 135 cm³/mol. The van der Waals surface area contributed by atoms with E-state index >= 15 is 0 Å². The Hall–Kier alpha value is -2.02. The Labute approximate surface area is 206 Å². The number of nitrogens with one attached hydrogen (secondary N) is 1. The van der Waals surface area contributed by atoms with Crippen LogP contribution in [0.5, 0.6) is 0 Å². The molecule has 8 heteroatoms. The number of nitrogens with zero attached hydrogens (tertiary/aromatic N) is 3. The lowest BCUT2D eigenvalue weighted by molar-refractivity contribution is 0.186. The van der Waals surface area contributed by atoms with Crippen LogP contribution in [0.15, 0.2) is 46.9 Å². The van der Waals surface area contributed by atoms with Crippen molar-refractivity contribution in [1.82, 2.24) is 14.5 Å². The number of benzene rings is 2. The molecule has 0 radical (unpaired) electrons. The zero-order valence-electron chi connectivity index (χ0n) is 18.0. The highest BCUT2D eigenvalue weighted by molar-refractivity contribution is 9.10. The Balaban J connectivity index is 1.73. The molecule has 0 unspecified atom stereocenters. The second kappa shape index (κ2) is 9.86. The number of halogens is 3. The number of carbonyl (C=O) groups excluding carboxylic acids is 1. The largest absolute Gasteiger partial charge is 0.325 e. The highest BCUT2D eigenvalue weighted by Gasteiger charge is 2.25. The van der Waals surface area contributed by atoms with Gasteiger partial charge in [-0.05, 0) is 62.2 Å². The molecule has 1 aliphatic rings. The molecule has 3 aromatic rings. The molecular formula is C24H25BrCl2N4O. The summed E-state index contributed by atoms with van der Waals surface area (Å²) in [5.41, 5.74) is 2.47. The Morgan fingerprint density at radius 2 is 1.81 bits per heavy atom. The van der Waals surface area contributed by atoms with Crippen LogP contribution in [-0.2, 0) is 0 Å². The van der Waals surface area contributed by atoms with E-state index in [4.69, 9.17) is 28.2 Å². The van der Waals surface area contributed by atoms with E-state index in [2.05, 4.69) is 21.2 Å². The molecule has 2 amide bonds. The van der Waals surface area contributed by atoms with Crippen molar-refractivity contribution in [2.24, 2.45) is 0 Å². The van der Waals surface area contributed by atoms with Crippen LogP contribution in [0.1, 0.15) is 37.8 Å². The van der Waals surface area contributed by atoms with Gasteiger partial charge in [0.05, 0.1) is 10.7 Å². The van der Waals surface area contributed by atoms with E-state index < -0.39 is 0 Å². The van der Waals surface area contributed by atoms with E-state index in [0.717, 1.165) is 34.3 Å². The number of hydrogen-bond donors (Lipinski definition) is 1. The molecule has 5 nitrogen and oxygen atoms in total. The fourth-order valence-corrected chi connectivity index (χ4v) is 4.96. The predicted octanol–water partition coefficient (Wildman–Crippen LogP) is 7.71. The molecule has 1 aromatic heterocycles. The lowest BCUT2D eigenvalue weighted by atomic mass is 9.95. The van der Waals surface area contributed by atoms with Crippen LogP contribution >= 0.6 is 39.1 Å². The van der Waals surface area contributed by atoms with Gasteiger partial charge in [-0.1, -0.05) is 58.4 Å². The first-order chi connectivity index (χ1) is 15.3. The van der Waals surface area contributed by atoms with Gasteiger partial charge in [-0.3, -0.25) is 9.88 Å². The maximum Gasteiger partial charge on any atom is 0.323 e. The Kier molecular flexibility index (Phi) is 7.13. The summed E-state index contributed by atoms with van der Waals surface area (Å²) in [5, 5.41) is 4.08. The fraction of sp³-hybridized carbons (Fsp3) is 0.333. The minimum atomic E-state index is -0.144. The van der Waals surface area contributed by atoms with Gasteiger partial charge in [0.15, 0.2) is 5.82 Å². The van der Waals surface area contributed by atoms with E-state index in [1.807, 2.05) is 53.8 Å². The van der Waals surface area contributed by atoms with Gasteiger partial charge < -0.3 is 4.90 Å². The summed E-state index contributed by atoms with van der Waals surface area (Å²) in [6.07, 6.45) is 5.66. The minimum Gasteiger partial charge on any atom is -0.325 e. The van der Waals surface area contributed by atoms with Crippen molar-refractivity contribution < 1.29 is 4.79 Å². The van der Waals surface area contributed by atoms with E-state index in [1.165, 1.54) is 19.3 Å². The van der Waals surface area contributed by atoms with Crippen molar-refractivity contribution in [3.63, 3.8) is 0 Å². The highest BCUT2D eigenvalue weighted by Crippen LogP contribution is 2.35. The van der Waals surface area contributed by atoms with Crippen molar-refractivity contribution in [3.05, 3.63) is 62.7 Å². The van der Waals surface area contributed by atoms with Crippen LogP contribution in [0.2, 0.25) is 10.0 Å². The number of rotatable bonds is 4. The second-order valence-electron chi connectivity index (χ2n) is 8.14. The number of hydrogen-bond acceptors (Lipinski definition) is 2. The molecule has 168 valence electrons. The topological polar surface area (TPSA) is 50.2 Å². The van der Waals surface area contributed by atoms with Crippen LogP contribution in [0.4, 0.5) is 10.6 Å². The monoisotopic (exact) mass is 534 g/mol. The quantitative estimate of drug-likeness (QED) is 0.372. The third-order valence-corrected chi connectivity index (χ3v) is 7.11. The summed E-state index contributed by atoms with van der Waals surface area (Å²) in [6, 6.07) is 13.4. The molecule has 1 N–H and O–H groups in total. The van der Waals surface area contributed by atoms with Gasteiger partial charge in [0.25, 0.3) is 0 Å². The molecule has 4 rings (SSSR count). The van der Waals surface area contributed by atoms with Gasteiger partial charge in [-0.25, -0.2) is 9.78 Å². The van der Waals surface area contributed by atoms with Gasteiger partial charge in [0.2, 0.25) is 0 Å². The van der Waals surface area contributed by atoms with Crippen LogP contribution in [0.25, 0.3) is 17.1 Å². The molecule has 32 heavy (non-hydrogen) atoms. The third kappa shape index (κ3) is 4.82. The van der Waals surface area contributed by atoms with Crippen molar-refractivity contribution >= 4 is 51.0 Å². The van der Waals surface area contributed by atoms with Crippen LogP contribution in [0.3, 0.4) is 0 Å². The Morgan fingerprint density at radius 3 is 2.47 bits per heavy atom. The first-order valence-electron chi connectivity index (χ1n) is 10.7. The standard InChI is InChI=1S/C24H25BrCl2N4O/c1-15-22(29-24(32)30(2)18-6-4-3-5-7-18)28-23(20-13-10-17(26)14-21(20)27)31(15)19-11-8-16(25)9-12-19/h8-14,18H,3-7H2,1-2H3,(H,29,32). The number of imidazole rings is 1. The maximum absolute atomic E-state index is 13.0. The first-order valence-corrected chi connectivity index (χ1v) is 12.2. The van der Waals surface area contributed by atoms with Crippen molar-refractivity contribution in [2.75, 3.05) is 12.4 Å². The van der Waals surface area contributed by atoms with Gasteiger partial charge in [-0.15, -0.1) is 0 Å². The summed E-state index contributed by atoms with van der Waals surface area (Å²) in [5.74, 6) is 1.16. The number of carbonyl (C=O) groups is 1. The van der Waals surface area contributed by atoms with Gasteiger partial charge >= 0.3 is 6.03 Å². The molecule has 1 saturated carbocycles. The highest BCUT2D eigenvalue weighted by atomic mass is 79.9. The molecule has 1 aliphatic carbocycles. The number of urea groups is 1. The number of amides is 2. The normalized spacial score (nSPS) is 14.4. The van der Waals surface area contributed by atoms with Crippen LogP contribution in [-0.4, -0.2) is 33.6 Å². The molecule has 1 heterocycles. The van der Waals surface area contributed by atoms with Gasteiger partial charge in [-0.2, -0.15) is 0 Å². The average molecular weight is 536 g/mol. The van der Waals surface area contributed by atoms with Crippen molar-refractivity contribution in [3.8, 4) is 17.1 Å². The van der Waals surface area contributed by atoms with E-state index in [0.29, 0.717) is 21.7 Å². The molecule has 2 aromatic carbocycles. The molecule has 0 spiro atoms. The summed E-state index contributed by atoms with van der Waals surface area (Å²) in [4.78, 5) is 19.6. The second-order valence-corrected chi connectivity index (χ2v) is 9.90.